The molecule has 3 aliphatic rings. The van der Waals surface area contributed by atoms with Crippen LogP contribution in [0.2, 0.25) is 0 Å². The minimum Gasteiger partial charge on any atom is -0.457 e. The van der Waals surface area contributed by atoms with Crippen molar-refractivity contribution in [3.8, 4) is 0 Å². The number of benzene rings is 1. The van der Waals surface area contributed by atoms with Crippen LogP contribution in [0.25, 0.3) is 0 Å². The fourth-order valence-corrected chi connectivity index (χ4v) is 8.98. The molecule has 1 aromatic rings. The van der Waals surface area contributed by atoms with E-state index in [9.17, 15) is 9.59 Å². The average molecular weight is 455 g/mol. The zero-order valence-electron chi connectivity index (χ0n) is 14.6. The summed E-state index contributed by atoms with van der Waals surface area (Å²) in [4.78, 5) is 24.9. The number of rotatable bonds is 4. The van der Waals surface area contributed by atoms with Crippen molar-refractivity contribution in [3.63, 3.8) is 0 Å². The van der Waals surface area contributed by atoms with Crippen molar-refractivity contribution in [1.29, 1.82) is 0 Å². The van der Waals surface area contributed by atoms with Crippen LogP contribution in [0, 0.1) is 17.8 Å². The molecule has 2 atom stereocenters. The Hall–Kier alpha value is -0.460. The molecule has 6 heteroatoms. The minimum absolute atomic E-state index is 0.0320. The molecule has 0 aromatic heterocycles. The van der Waals surface area contributed by atoms with Crippen LogP contribution in [0.3, 0.4) is 0 Å². The van der Waals surface area contributed by atoms with E-state index in [4.69, 9.17) is 4.74 Å². The number of hydrogen-bond donors (Lipinski definition) is 0. The summed E-state index contributed by atoms with van der Waals surface area (Å²) in [5.41, 5.74) is 0.583. The summed E-state index contributed by atoms with van der Waals surface area (Å²) >= 11 is 7.64. The van der Waals surface area contributed by atoms with E-state index in [1.165, 1.54) is 30.8 Å². The molecule has 1 heterocycles. The monoisotopic (exact) mass is 454 g/mol. The van der Waals surface area contributed by atoms with Crippen molar-refractivity contribution in [2.24, 2.45) is 17.8 Å². The second-order valence-electron chi connectivity index (χ2n) is 7.45. The predicted octanol–water partition coefficient (Wildman–Crippen LogP) is 5.18. The van der Waals surface area contributed by atoms with Crippen LogP contribution in [-0.2, 0) is 9.53 Å². The summed E-state index contributed by atoms with van der Waals surface area (Å²) in [6, 6.07) is 7.16. The zero-order valence-corrected chi connectivity index (χ0v) is 17.8. The molecule has 1 spiro atoms. The van der Waals surface area contributed by atoms with Gasteiger partial charge in [-0.2, -0.15) is 0 Å². The molecule has 0 amide bonds. The van der Waals surface area contributed by atoms with Crippen molar-refractivity contribution < 1.29 is 14.3 Å². The third-order valence-corrected chi connectivity index (χ3v) is 10.5. The maximum atomic E-state index is 12.6. The SMILES string of the molecule is O=C(COC(=O)C1CC2CCCC(C1)C21SCCS1)c1ccc(Br)cc1. The van der Waals surface area contributed by atoms with E-state index in [0.717, 1.165) is 17.3 Å². The lowest BCUT2D eigenvalue weighted by Crippen LogP contribution is -2.48. The van der Waals surface area contributed by atoms with Crippen molar-refractivity contribution >= 4 is 51.2 Å². The molecule has 0 radical (unpaired) electrons. The smallest absolute Gasteiger partial charge is 0.309 e. The molecule has 2 aliphatic carbocycles. The van der Waals surface area contributed by atoms with Gasteiger partial charge in [0.05, 0.1) is 10.00 Å². The molecule has 2 bridgehead atoms. The number of hydrogen-bond acceptors (Lipinski definition) is 5. The summed E-state index contributed by atoms with van der Waals surface area (Å²) in [6.45, 7) is -0.152. The second-order valence-corrected chi connectivity index (χ2v) is 11.4. The molecule has 2 saturated carbocycles. The van der Waals surface area contributed by atoms with Crippen molar-refractivity contribution in [3.05, 3.63) is 34.3 Å². The van der Waals surface area contributed by atoms with Gasteiger partial charge in [-0.05, 0) is 49.7 Å². The molecule has 3 nitrogen and oxygen atoms in total. The Morgan fingerprint density at radius 1 is 1.08 bits per heavy atom. The molecular weight excluding hydrogens is 432 g/mol. The first-order valence-electron chi connectivity index (χ1n) is 9.32. The van der Waals surface area contributed by atoms with Crippen molar-refractivity contribution in [1.82, 2.24) is 0 Å². The third kappa shape index (κ3) is 3.61. The van der Waals surface area contributed by atoms with E-state index in [1.807, 2.05) is 12.1 Å². The van der Waals surface area contributed by atoms with Gasteiger partial charge in [0, 0.05) is 21.5 Å². The van der Waals surface area contributed by atoms with Gasteiger partial charge < -0.3 is 4.74 Å². The number of halogens is 1. The van der Waals surface area contributed by atoms with E-state index in [-0.39, 0.29) is 24.3 Å². The Balaban J connectivity index is 1.36. The van der Waals surface area contributed by atoms with Crippen LogP contribution in [0.5, 0.6) is 0 Å². The fourth-order valence-electron chi connectivity index (χ4n) is 4.78. The Morgan fingerprint density at radius 3 is 2.31 bits per heavy atom. The lowest BCUT2D eigenvalue weighted by molar-refractivity contribution is -0.150. The number of thioether (sulfide) groups is 2. The standard InChI is InChI=1S/C20H23BrO3S2/c21-17-6-4-13(5-7-17)18(22)12-24-19(23)14-10-15-2-1-3-16(11-14)20(15)25-8-9-26-20/h4-7,14-16H,1-3,8-12H2. The maximum absolute atomic E-state index is 12.6. The number of Topliss-reactive ketones (excluding diaryl/α,β-unsaturated/α-hetero) is 1. The Bertz CT molecular complexity index is 669. The van der Waals surface area contributed by atoms with E-state index >= 15 is 0 Å². The molecule has 1 aromatic carbocycles. The van der Waals surface area contributed by atoms with Crippen LogP contribution in [0.1, 0.15) is 42.5 Å². The second kappa shape index (κ2) is 7.88. The largest absolute Gasteiger partial charge is 0.457 e. The van der Waals surface area contributed by atoms with Gasteiger partial charge in [0.1, 0.15) is 0 Å². The van der Waals surface area contributed by atoms with E-state index in [2.05, 4.69) is 39.5 Å². The Labute approximate surface area is 171 Å². The number of ether oxygens (including phenoxy) is 1. The number of carbonyl (C=O) groups excluding carboxylic acids is 2. The number of carbonyl (C=O) groups is 2. The minimum atomic E-state index is -0.171. The first kappa shape index (κ1) is 18.9. The lowest BCUT2D eigenvalue weighted by atomic mass is 9.67. The van der Waals surface area contributed by atoms with Crippen LogP contribution in [0.4, 0.5) is 0 Å². The number of esters is 1. The summed E-state index contributed by atoms with van der Waals surface area (Å²) in [7, 11) is 0. The Kier molecular flexibility index (Phi) is 5.72. The molecule has 2 unspecified atom stereocenters. The summed E-state index contributed by atoms with van der Waals surface area (Å²) in [5.74, 6) is 3.38. The summed E-state index contributed by atoms with van der Waals surface area (Å²) in [5, 5.41) is 0. The molecule has 3 fully saturated rings. The highest BCUT2D eigenvalue weighted by Gasteiger charge is 2.55. The van der Waals surface area contributed by atoms with E-state index in [1.54, 1.807) is 12.1 Å². The highest BCUT2D eigenvalue weighted by molar-refractivity contribution is 9.10. The van der Waals surface area contributed by atoms with Gasteiger partial charge in [-0.1, -0.05) is 34.5 Å². The van der Waals surface area contributed by atoms with Gasteiger partial charge in [-0.15, -0.1) is 23.5 Å². The first-order chi connectivity index (χ1) is 12.6. The molecule has 1 aliphatic heterocycles. The molecular formula is C20H23BrO3S2. The van der Waals surface area contributed by atoms with E-state index < -0.39 is 0 Å². The van der Waals surface area contributed by atoms with Crippen LogP contribution < -0.4 is 0 Å². The topological polar surface area (TPSA) is 43.4 Å². The molecule has 140 valence electrons. The van der Waals surface area contributed by atoms with Crippen LogP contribution >= 0.6 is 39.5 Å². The number of ketones is 1. The molecule has 0 N–H and O–H groups in total. The average Bonchev–Trinajstić information content (AvgIpc) is 3.09. The Morgan fingerprint density at radius 2 is 1.69 bits per heavy atom. The molecule has 26 heavy (non-hydrogen) atoms. The predicted molar refractivity (Wildman–Crippen MR) is 111 cm³/mol. The zero-order chi connectivity index (χ0) is 18.1. The van der Waals surface area contributed by atoms with Crippen molar-refractivity contribution in [2.75, 3.05) is 18.1 Å². The van der Waals surface area contributed by atoms with E-state index in [0.29, 0.717) is 21.5 Å². The summed E-state index contributed by atoms with van der Waals surface area (Å²) < 4.78 is 6.72. The quantitative estimate of drug-likeness (QED) is 0.463. The van der Waals surface area contributed by atoms with Gasteiger partial charge in [-0.25, -0.2) is 0 Å². The third-order valence-electron chi connectivity index (χ3n) is 5.97. The molecule has 1 saturated heterocycles. The first-order valence-corrected chi connectivity index (χ1v) is 12.1. The highest BCUT2D eigenvalue weighted by atomic mass is 79.9. The van der Waals surface area contributed by atoms with Crippen molar-refractivity contribution in [2.45, 2.75) is 36.2 Å². The van der Waals surface area contributed by atoms with Gasteiger partial charge in [-0.3, -0.25) is 9.59 Å². The van der Waals surface area contributed by atoms with Gasteiger partial charge in [0.15, 0.2) is 12.4 Å². The highest BCUT2D eigenvalue weighted by Crippen LogP contribution is 2.64. The maximum Gasteiger partial charge on any atom is 0.309 e. The van der Waals surface area contributed by atoms with Gasteiger partial charge in [0.2, 0.25) is 0 Å². The fraction of sp³-hybridized carbons (Fsp3) is 0.600. The van der Waals surface area contributed by atoms with Crippen LogP contribution in [-0.4, -0.2) is 33.9 Å². The lowest BCUT2D eigenvalue weighted by Gasteiger charge is -2.51. The van der Waals surface area contributed by atoms with Gasteiger partial charge in [0.25, 0.3) is 0 Å². The normalized spacial score (nSPS) is 29.5. The van der Waals surface area contributed by atoms with Gasteiger partial charge >= 0.3 is 5.97 Å². The molecule has 4 rings (SSSR count). The summed E-state index contributed by atoms with van der Waals surface area (Å²) in [6.07, 6.45) is 5.63. The van der Waals surface area contributed by atoms with Crippen LogP contribution in [0.15, 0.2) is 28.7 Å².